The number of aliphatic imine (C=N–C) groups is 1. The summed E-state index contributed by atoms with van der Waals surface area (Å²) in [5.41, 5.74) is 4.12. The summed E-state index contributed by atoms with van der Waals surface area (Å²) in [6.07, 6.45) is 7.29. The molecule has 3 heterocycles. The third kappa shape index (κ3) is 4.30. The number of ether oxygens (including phenoxy) is 1. The maximum Gasteiger partial charge on any atom is 0.233 e. The fourth-order valence-corrected chi connectivity index (χ4v) is 4.77. The van der Waals surface area contributed by atoms with Gasteiger partial charge in [0, 0.05) is 37.8 Å². The van der Waals surface area contributed by atoms with Crippen LogP contribution in [0.5, 0.6) is 11.6 Å². The largest absolute Gasteiger partial charge is 0.436 e. The maximum absolute atomic E-state index is 15.2. The van der Waals surface area contributed by atoms with Gasteiger partial charge in [-0.1, -0.05) is 17.7 Å². The summed E-state index contributed by atoms with van der Waals surface area (Å²) in [7, 11) is 2.12. The van der Waals surface area contributed by atoms with Gasteiger partial charge in [-0.05, 0) is 62.4 Å². The summed E-state index contributed by atoms with van der Waals surface area (Å²) in [6, 6.07) is 5.42. The van der Waals surface area contributed by atoms with E-state index in [0.717, 1.165) is 61.9 Å². The van der Waals surface area contributed by atoms with Crippen molar-refractivity contribution in [1.82, 2.24) is 14.9 Å². The molecular formula is C26H29FN6O. The molecule has 0 unspecified atom stereocenters. The number of nitrogens with one attached hydrogen (secondary N) is 1. The van der Waals surface area contributed by atoms with Crippen LogP contribution in [0.4, 0.5) is 16.2 Å². The molecule has 0 radical (unpaired) electrons. The van der Waals surface area contributed by atoms with Crippen LogP contribution < -0.4 is 15.0 Å². The van der Waals surface area contributed by atoms with Crippen LogP contribution in [0.25, 0.3) is 6.08 Å². The van der Waals surface area contributed by atoms with E-state index < -0.39 is 0 Å². The van der Waals surface area contributed by atoms with Gasteiger partial charge in [-0.2, -0.15) is 9.97 Å². The lowest BCUT2D eigenvalue weighted by molar-refractivity contribution is 0.312. The first-order chi connectivity index (χ1) is 16.5. The summed E-state index contributed by atoms with van der Waals surface area (Å²) in [4.78, 5) is 18.4. The minimum Gasteiger partial charge on any atom is -0.436 e. The number of nitrogens with zero attached hydrogens (tertiary/aromatic N) is 5. The molecule has 1 saturated carbocycles. The molecule has 8 heteroatoms. The highest BCUT2D eigenvalue weighted by molar-refractivity contribution is 6.05. The highest BCUT2D eigenvalue weighted by atomic mass is 19.1. The van der Waals surface area contributed by atoms with Gasteiger partial charge in [0.15, 0.2) is 11.6 Å². The lowest BCUT2D eigenvalue weighted by Gasteiger charge is -2.33. The van der Waals surface area contributed by atoms with Crippen molar-refractivity contribution in [1.29, 1.82) is 0 Å². The van der Waals surface area contributed by atoms with Crippen molar-refractivity contribution in [2.75, 3.05) is 50.0 Å². The summed E-state index contributed by atoms with van der Waals surface area (Å²) < 4.78 is 21.2. The molecule has 2 aromatic rings. The van der Waals surface area contributed by atoms with Crippen molar-refractivity contribution in [3.63, 3.8) is 0 Å². The zero-order valence-electron chi connectivity index (χ0n) is 19.6. The first kappa shape index (κ1) is 21.3. The van der Waals surface area contributed by atoms with Crippen molar-refractivity contribution < 1.29 is 9.13 Å². The van der Waals surface area contributed by atoms with Crippen LogP contribution in [0.15, 0.2) is 40.4 Å². The number of fused-ring (bicyclic) bond motifs is 1. The maximum atomic E-state index is 15.2. The fourth-order valence-electron chi connectivity index (χ4n) is 4.77. The highest BCUT2D eigenvalue weighted by Crippen LogP contribution is 2.38. The van der Waals surface area contributed by atoms with E-state index in [2.05, 4.69) is 38.2 Å². The van der Waals surface area contributed by atoms with E-state index in [0.29, 0.717) is 23.3 Å². The summed E-state index contributed by atoms with van der Waals surface area (Å²) in [5, 5.41) is 3.26. The molecule has 1 aromatic carbocycles. The standard InChI is InChI=1S/C26H29FN6O/c1-16-11-18-5-6-21(25(27)20(18)12-16)34-24-14-23(33-9-7-32(2)8-10-33)30-26(31-24)29-22-13-19(15-28-22)17-3-4-17/h5-6,12-14,17H,3-4,7-11,15H2,1-2H3,(H,28,29,30,31). The molecular weight excluding hydrogens is 431 g/mol. The molecule has 4 aliphatic rings. The van der Waals surface area contributed by atoms with Crippen LogP contribution in [0.1, 0.15) is 30.9 Å². The van der Waals surface area contributed by atoms with Crippen molar-refractivity contribution in [2.45, 2.75) is 26.2 Å². The number of anilines is 2. The quantitative estimate of drug-likeness (QED) is 0.719. The van der Waals surface area contributed by atoms with Gasteiger partial charge in [-0.15, -0.1) is 0 Å². The van der Waals surface area contributed by atoms with Gasteiger partial charge in [-0.25, -0.2) is 4.39 Å². The molecule has 2 aliphatic heterocycles. The minimum atomic E-state index is -0.346. The Labute approximate surface area is 199 Å². The average Bonchev–Trinajstić information content (AvgIpc) is 3.45. The van der Waals surface area contributed by atoms with Gasteiger partial charge in [0.2, 0.25) is 11.8 Å². The molecule has 6 rings (SSSR count). The number of hydrogen-bond acceptors (Lipinski definition) is 7. The van der Waals surface area contributed by atoms with Crippen LogP contribution in [0.3, 0.4) is 0 Å². The molecule has 0 amide bonds. The topological polar surface area (TPSA) is 65.9 Å². The van der Waals surface area contributed by atoms with Gasteiger partial charge in [-0.3, -0.25) is 4.99 Å². The Morgan fingerprint density at radius 3 is 2.71 bits per heavy atom. The number of halogens is 1. The zero-order valence-corrected chi connectivity index (χ0v) is 19.6. The summed E-state index contributed by atoms with van der Waals surface area (Å²) in [5.74, 6) is 2.77. The van der Waals surface area contributed by atoms with E-state index in [1.165, 1.54) is 18.4 Å². The van der Waals surface area contributed by atoms with Gasteiger partial charge in [0.1, 0.15) is 11.7 Å². The van der Waals surface area contributed by atoms with Crippen LogP contribution >= 0.6 is 0 Å². The molecule has 7 nitrogen and oxygen atoms in total. The van der Waals surface area contributed by atoms with Crippen LogP contribution in [-0.2, 0) is 6.42 Å². The SMILES string of the molecule is CC1=Cc2c(ccc(Oc3cc(N4CCN(C)CC4)nc(NC4=NCC(C5CC5)=C4)n3)c2F)C1. The van der Waals surface area contributed by atoms with Crippen LogP contribution in [0, 0.1) is 11.7 Å². The van der Waals surface area contributed by atoms with Crippen molar-refractivity contribution >= 4 is 23.7 Å². The van der Waals surface area contributed by atoms with Crippen LogP contribution in [0.2, 0.25) is 0 Å². The molecule has 0 atom stereocenters. The van der Waals surface area contributed by atoms with E-state index in [9.17, 15) is 0 Å². The first-order valence-corrected chi connectivity index (χ1v) is 12.0. The molecule has 0 bridgehead atoms. The predicted molar refractivity (Wildman–Crippen MR) is 132 cm³/mol. The van der Waals surface area contributed by atoms with Gasteiger partial charge < -0.3 is 19.9 Å². The third-order valence-corrected chi connectivity index (χ3v) is 6.92. The van der Waals surface area contributed by atoms with Gasteiger partial charge in [0.25, 0.3) is 0 Å². The molecule has 1 N–H and O–H groups in total. The second kappa shape index (κ2) is 8.51. The predicted octanol–water partition coefficient (Wildman–Crippen LogP) is 4.28. The molecule has 176 valence electrons. The Morgan fingerprint density at radius 1 is 1.09 bits per heavy atom. The Balaban J connectivity index is 1.30. The second-order valence-electron chi connectivity index (χ2n) is 9.72. The number of benzene rings is 1. The number of piperazine rings is 1. The fraction of sp³-hybridized carbons (Fsp3) is 0.423. The average molecular weight is 461 g/mol. The normalized spacial score (nSPS) is 20.1. The monoisotopic (exact) mass is 460 g/mol. The molecule has 2 fully saturated rings. The number of amidine groups is 1. The molecule has 2 aliphatic carbocycles. The van der Waals surface area contributed by atoms with Crippen molar-refractivity contribution in [3.8, 4) is 11.6 Å². The number of allylic oxidation sites excluding steroid dienone is 1. The number of hydrogen-bond donors (Lipinski definition) is 1. The molecule has 34 heavy (non-hydrogen) atoms. The second-order valence-corrected chi connectivity index (χ2v) is 9.72. The molecule has 0 spiro atoms. The molecule has 1 aromatic heterocycles. The zero-order chi connectivity index (χ0) is 23.2. The Hall–Kier alpha value is -3.26. The number of likely N-dealkylation sites (N-methyl/N-ethyl adjacent to an activating group) is 1. The lowest BCUT2D eigenvalue weighted by Crippen LogP contribution is -2.44. The first-order valence-electron chi connectivity index (χ1n) is 12.0. The smallest absolute Gasteiger partial charge is 0.233 e. The van der Waals surface area contributed by atoms with E-state index in [-0.39, 0.29) is 11.6 Å². The van der Waals surface area contributed by atoms with E-state index in [4.69, 9.17) is 9.72 Å². The number of aromatic nitrogens is 2. The molecule has 1 saturated heterocycles. The minimum absolute atomic E-state index is 0.174. The van der Waals surface area contributed by atoms with Crippen molar-refractivity contribution in [3.05, 3.63) is 52.4 Å². The van der Waals surface area contributed by atoms with E-state index >= 15 is 4.39 Å². The Kier molecular flexibility index (Phi) is 5.32. The summed E-state index contributed by atoms with van der Waals surface area (Å²) >= 11 is 0. The third-order valence-electron chi connectivity index (χ3n) is 6.92. The summed E-state index contributed by atoms with van der Waals surface area (Å²) in [6.45, 7) is 6.37. The van der Waals surface area contributed by atoms with Crippen LogP contribution in [-0.4, -0.2) is 60.5 Å². The van der Waals surface area contributed by atoms with Crippen molar-refractivity contribution in [2.24, 2.45) is 10.9 Å². The Bertz CT molecular complexity index is 1220. The van der Waals surface area contributed by atoms with E-state index in [1.807, 2.05) is 19.1 Å². The number of rotatable bonds is 5. The van der Waals surface area contributed by atoms with Gasteiger partial charge in [0.05, 0.1) is 6.54 Å². The Morgan fingerprint density at radius 2 is 1.91 bits per heavy atom. The highest BCUT2D eigenvalue weighted by Gasteiger charge is 2.28. The lowest BCUT2D eigenvalue weighted by atomic mass is 10.1. The van der Waals surface area contributed by atoms with Gasteiger partial charge >= 0.3 is 0 Å². The van der Waals surface area contributed by atoms with E-state index in [1.54, 1.807) is 12.1 Å².